The Kier molecular flexibility index (Phi) is 4.96. The van der Waals surface area contributed by atoms with Gasteiger partial charge in [-0.05, 0) is 52.6 Å². The predicted octanol–water partition coefficient (Wildman–Crippen LogP) is 12.2. The fraction of sp³-hybridized carbons (Fsp3) is 0. The third-order valence-corrected chi connectivity index (χ3v) is 10.6. The monoisotopic (exact) mass is 618 g/mol. The normalized spacial score (nSPS) is 12.3. The number of hydrogen-bond donors (Lipinski definition) is 0. The van der Waals surface area contributed by atoms with E-state index in [0.29, 0.717) is 5.82 Å². The van der Waals surface area contributed by atoms with Gasteiger partial charge in [-0.15, -0.1) is 11.3 Å². The summed E-state index contributed by atoms with van der Waals surface area (Å²) in [5.41, 5.74) is 7.90. The van der Waals surface area contributed by atoms with Crippen molar-refractivity contribution in [3.05, 3.63) is 133 Å². The maximum absolute atomic E-state index is 6.93. The minimum Gasteiger partial charge on any atom is -0.455 e. The fourth-order valence-electron chi connectivity index (χ4n) is 7.36. The fourth-order valence-corrected chi connectivity index (χ4v) is 8.53. The summed E-state index contributed by atoms with van der Waals surface area (Å²) in [5, 5.41) is 9.03. The minimum absolute atomic E-state index is 0.667. The number of benzene rings is 7. The van der Waals surface area contributed by atoms with Crippen molar-refractivity contribution in [2.45, 2.75) is 0 Å². The summed E-state index contributed by atoms with van der Waals surface area (Å²) in [6, 6.07) is 46.3. The van der Waals surface area contributed by atoms with Crippen LogP contribution in [-0.4, -0.2) is 9.97 Å². The van der Waals surface area contributed by atoms with E-state index in [1.165, 1.54) is 25.6 Å². The topological polar surface area (TPSA) is 52.1 Å². The predicted molar refractivity (Wildman–Crippen MR) is 194 cm³/mol. The molecule has 4 aromatic heterocycles. The number of aromatic nitrogens is 2. The molecule has 4 nitrogen and oxygen atoms in total. The molecule has 0 aliphatic heterocycles. The lowest BCUT2D eigenvalue weighted by molar-refractivity contribution is 0.659. The summed E-state index contributed by atoms with van der Waals surface area (Å²) in [5.74, 6) is 0.667. The van der Waals surface area contributed by atoms with Crippen LogP contribution in [-0.2, 0) is 0 Å². The van der Waals surface area contributed by atoms with Crippen molar-refractivity contribution in [3.8, 4) is 33.9 Å². The van der Waals surface area contributed by atoms with Gasteiger partial charge in [0.1, 0.15) is 22.3 Å². The Morgan fingerprint density at radius 3 is 2.04 bits per heavy atom. The minimum atomic E-state index is 0.667. The Hall–Kier alpha value is -6.04. The maximum atomic E-state index is 6.93. The molecule has 0 bridgehead atoms. The van der Waals surface area contributed by atoms with Gasteiger partial charge in [0.05, 0.1) is 16.8 Å². The molecule has 0 radical (unpaired) electrons. The third-order valence-electron chi connectivity index (χ3n) is 9.46. The van der Waals surface area contributed by atoms with Gasteiger partial charge in [0.2, 0.25) is 0 Å². The molecule has 11 rings (SSSR count). The lowest BCUT2D eigenvalue weighted by atomic mass is 9.99. The Morgan fingerprint density at radius 1 is 0.447 bits per heavy atom. The summed E-state index contributed by atoms with van der Waals surface area (Å²) in [7, 11) is 0. The molecule has 0 saturated carbocycles. The van der Waals surface area contributed by atoms with E-state index < -0.39 is 0 Å². The van der Waals surface area contributed by atoms with Crippen LogP contribution >= 0.6 is 11.3 Å². The summed E-state index contributed by atoms with van der Waals surface area (Å²) >= 11 is 1.81. The Morgan fingerprint density at radius 2 is 1.15 bits per heavy atom. The number of rotatable bonds is 3. The van der Waals surface area contributed by atoms with Gasteiger partial charge in [-0.1, -0.05) is 97.1 Å². The second kappa shape index (κ2) is 9.25. The van der Waals surface area contributed by atoms with Gasteiger partial charge < -0.3 is 8.83 Å². The van der Waals surface area contributed by atoms with Gasteiger partial charge in [-0.2, -0.15) is 0 Å². The molecule has 7 aromatic carbocycles. The molecule has 0 amide bonds. The van der Waals surface area contributed by atoms with E-state index in [9.17, 15) is 0 Å². The molecule has 0 unspecified atom stereocenters. The lowest BCUT2D eigenvalue weighted by Crippen LogP contribution is -1.96. The van der Waals surface area contributed by atoms with Crippen LogP contribution in [0.25, 0.3) is 109 Å². The molecule has 47 heavy (non-hydrogen) atoms. The van der Waals surface area contributed by atoms with Crippen molar-refractivity contribution < 1.29 is 8.83 Å². The average Bonchev–Trinajstić information content (AvgIpc) is 3.65. The van der Waals surface area contributed by atoms with Gasteiger partial charge in [0.15, 0.2) is 5.82 Å². The number of thiophene rings is 1. The highest BCUT2D eigenvalue weighted by molar-refractivity contribution is 7.26. The Balaban J connectivity index is 1.26. The first-order valence-corrected chi connectivity index (χ1v) is 16.5. The van der Waals surface area contributed by atoms with Crippen molar-refractivity contribution in [2.24, 2.45) is 0 Å². The van der Waals surface area contributed by atoms with Crippen molar-refractivity contribution in [1.29, 1.82) is 0 Å². The molecule has 0 N–H and O–H groups in total. The van der Waals surface area contributed by atoms with Gasteiger partial charge in [-0.25, -0.2) is 9.97 Å². The number of nitrogens with zero attached hydrogens (tertiary/aromatic N) is 2. The van der Waals surface area contributed by atoms with Crippen LogP contribution < -0.4 is 0 Å². The second-order valence-electron chi connectivity index (χ2n) is 12.1. The van der Waals surface area contributed by atoms with Crippen LogP contribution in [0.15, 0.2) is 142 Å². The van der Waals surface area contributed by atoms with Crippen LogP contribution in [0.5, 0.6) is 0 Å². The van der Waals surface area contributed by atoms with E-state index in [1.54, 1.807) is 11.3 Å². The zero-order valence-corrected chi connectivity index (χ0v) is 25.6. The van der Waals surface area contributed by atoms with E-state index in [1.807, 2.05) is 18.2 Å². The highest BCUT2D eigenvalue weighted by Crippen LogP contribution is 2.50. The summed E-state index contributed by atoms with van der Waals surface area (Å²) in [6.45, 7) is 0. The summed E-state index contributed by atoms with van der Waals surface area (Å²) < 4.78 is 16.2. The molecule has 0 aliphatic carbocycles. The van der Waals surface area contributed by atoms with E-state index in [2.05, 4.69) is 115 Å². The molecule has 0 atom stereocenters. The SMILES string of the molecule is c1ccc(-c2nc(-c3cccc4ccccc34)cc(-c3ccc4oc5c6ccccc6cc6sc7ccc8oc3c4c8c7c65)n2)cc1. The number of fused-ring (bicyclic) bond motifs is 3. The quantitative estimate of drug-likeness (QED) is 0.198. The molecular formula is C42H22N2O2S. The molecule has 0 fully saturated rings. The Labute approximate surface area is 271 Å². The second-order valence-corrected chi connectivity index (χ2v) is 13.2. The molecule has 0 aliphatic rings. The molecule has 5 heteroatoms. The number of hydrogen-bond acceptors (Lipinski definition) is 5. The molecule has 218 valence electrons. The smallest absolute Gasteiger partial charge is 0.160 e. The van der Waals surface area contributed by atoms with Crippen LogP contribution in [0.1, 0.15) is 0 Å². The van der Waals surface area contributed by atoms with Gasteiger partial charge in [-0.3, -0.25) is 0 Å². The molecule has 11 aromatic rings. The molecule has 0 saturated heterocycles. The van der Waals surface area contributed by atoms with Crippen LogP contribution in [0.4, 0.5) is 0 Å². The first-order chi connectivity index (χ1) is 23.3. The average molecular weight is 619 g/mol. The van der Waals surface area contributed by atoms with E-state index in [4.69, 9.17) is 18.8 Å². The zero-order valence-electron chi connectivity index (χ0n) is 24.8. The standard InChI is InChI=1S/C42H22N2O2S/c1-2-10-24(11-3-1)42-43-30(28-16-8-13-23-9-4-6-14-26(23)28)22-31(44-42)29-17-18-33-37-36-32(45-41(29)37)19-20-34-38(36)39-35(47-34)21-25-12-5-7-15-27(25)40(39)46-33/h1-22H. The Bertz CT molecular complexity index is 3020. The first-order valence-electron chi connectivity index (χ1n) is 15.7. The van der Waals surface area contributed by atoms with Gasteiger partial charge in [0, 0.05) is 47.6 Å². The largest absolute Gasteiger partial charge is 0.455 e. The van der Waals surface area contributed by atoms with Gasteiger partial charge >= 0.3 is 0 Å². The lowest BCUT2D eigenvalue weighted by Gasteiger charge is -2.11. The van der Waals surface area contributed by atoms with E-state index in [-0.39, 0.29) is 0 Å². The van der Waals surface area contributed by atoms with Crippen molar-refractivity contribution >= 4 is 86.2 Å². The first kappa shape index (κ1) is 25.2. The highest BCUT2D eigenvalue weighted by Gasteiger charge is 2.25. The van der Waals surface area contributed by atoms with Crippen LogP contribution in [0, 0.1) is 0 Å². The highest BCUT2D eigenvalue weighted by atomic mass is 32.1. The van der Waals surface area contributed by atoms with Crippen LogP contribution in [0.3, 0.4) is 0 Å². The van der Waals surface area contributed by atoms with E-state index in [0.717, 1.165) is 77.3 Å². The molecular weight excluding hydrogens is 597 g/mol. The van der Waals surface area contributed by atoms with Crippen molar-refractivity contribution in [2.75, 3.05) is 0 Å². The number of furan rings is 1. The third kappa shape index (κ3) is 3.52. The van der Waals surface area contributed by atoms with E-state index >= 15 is 0 Å². The summed E-state index contributed by atoms with van der Waals surface area (Å²) in [4.78, 5) is 10.3. The molecule has 4 heterocycles. The zero-order chi connectivity index (χ0) is 30.6. The van der Waals surface area contributed by atoms with Crippen molar-refractivity contribution in [3.63, 3.8) is 0 Å². The van der Waals surface area contributed by atoms with Gasteiger partial charge in [0.25, 0.3) is 0 Å². The summed E-state index contributed by atoms with van der Waals surface area (Å²) in [6.07, 6.45) is 0. The molecule has 0 spiro atoms. The maximum Gasteiger partial charge on any atom is 0.160 e. The van der Waals surface area contributed by atoms with Crippen molar-refractivity contribution in [1.82, 2.24) is 9.97 Å². The van der Waals surface area contributed by atoms with Crippen LogP contribution in [0.2, 0.25) is 0 Å².